The van der Waals surface area contributed by atoms with Gasteiger partial charge in [0.25, 0.3) is 0 Å². The van der Waals surface area contributed by atoms with Crippen molar-refractivity contribution in [2.24, 2.45) is 0 Å². The summed E-state index contributed by atoms with van der Waals surface area (Å²) in [5.74, 6) is -0.143. The first-order valence-corrected chi connectivity index (χ1v) is 6.45. The third-order valence-corrected chi connectivity index (χ3v) is 3.48. The van der Waals surface area contributed by atoms with Crippen molar-refractivity contribution >= 4 is 5.69 Å². The molecule has 2 nitrogen and oxygen atoms in total. The number of hydrogen-bond acceptors (Lipinski definition) is 2. The molecule has 0 spiro atoms. The summed E-state index contributed by atoms with van der Waals surface area (Å²) in [5.41, 5.74) is 2.20. The zero-order valence-corrected chi connectivity index (χ0v) is 10.7. The second-order valence-corrected chi connectivity index (χ2v) is 4.79. The molecule has 17 heavy (non-hydrogen) atoms. The average molecular weight is 236 g/mol. The number of anilines is 1. The van der Waals surface area contributed by atoms with Gasteiger partial charge in [0.15, 0.2) is 0 Å². The highest BCUT2D eigenvalue weighted by Crippen LogP contribution is 2.22. The quantitative estimate of drug-likeness (QED) is 0.849. The van der Waals surface area contributed by atoms with E-state index in [1.807, 2.05) is 13.0 Å². The molecule has 1 heterocycles. The summed E-state index contributed by atoms with van der Waals surface area (Å²) in [6.07, 6.45) is 2.23. The van der Waals surface area contributed by atoms with E-state index in [1.54, 1.807) is 6.07 Å². The number of rotatable bonds is 2. The third kappa shape index (κ3) is 2.97. The minimum absolute atomic E-state index is 0.143. The fourth-order valence-corrected chi connectivity index (χ4v) is 2.41. The van der Waals surface area contributed by atoms with Crippen molar-refractivity contribution in [3.8, 4) is 0 Å². The van der Waals surface area contributed by atoms with Crippen LogP contribution in [0.15, 0.2) is 18.2 Å². The zero-order chi connectivity index (χ0) is 12.3. The van der Waals surface area contributed by atoms with Crippen LogP contribution in [-0.4, -0.2) is 25.7 Å². The van der Waals surface area contributed by atoms with Crippen molar-refractivity contribution in [3.63, 3.8) is 0 Å². The van der Waals surface area contributed by atoms with Gasteiger partial charge in [-0.25, -0.2) is 4.39 Å². The molecule has 0 aromatic heterocycles. The molecule has 2 rings (SSSR count). The monoisotopic (exact) mass is 236 g/mol. The van der Waals surface area contributed by atoms with Gasteiger partial charge in [0, 0.05) is 24.8 Å². The SMILES string of the molecule is CCC1CN(c2cc(F)ccc2C)CCCN1. The minimum atomic E-state index is -0.143. The van der Waals surface area contributed by atoms with E-state index in [1.165, 1.54) is 6.07 Å². The van der Waals surface area contributed by atoms with Crippen LogP contribution in [0.25, 0.3) is 0 Å². The van der Waals surface area contributed by atoms with E-state index in [0.29, 0.717) is 6.04 Å². The molecule has 0 amide bonds. The van der Waals surface area contributed by atoms with Crippen LogP contribution in [-0.2, 0) is 0 Å². The number of aryl methyl sites for hydroxylation is 1. The molecule has 0 aliphatic carbocycles. The van der Waals surface area contributed by atoms with E-state index in [9.17, 15) is 4.39 Å². The number of halogens is 1. The maximum atomic E-state index is 13.3. The molecule has 1 aromatic carbocycles. The summed E-state index contributed by atoms with van der Waals surface area (Å²) in [6, 6.07) is 5.57. The molecule has 0 bridgehead atoms. The normalized spacial score (nSPS) is 21.4. The van der Waals surface area contributed by atoms with Crippen LogP contribution in [0.4, 0.5) is 10.1 Å². The van der Waals surface area contributed by atoms with Crippen molar-refractivity contribution in [1.29, 1.82) is 0 Å². The second-order valence-electron chi connectivity index (χ2n) is 4.79. The van der Waals surface area contributed by atoms with Gasteiger partial charge in [-0.2, -0.15) is 0 Å². The Bertz CT molecular complexity index is 378. The van der Waals surface area contributed by atoms with Crippen LogP contribution >= 0.6 is 0 Å². The van der Waals surface area contributed by atoms with Gasteiger partial charge in [0.1, 0.15) is 5.82 Å². The number of benzene rings is 1. The molecule has 1 saturated heterocycles. The fourth-order valence-electron chi connectivity index (χ4n) is 2.41. The van der Waals surface area contributed by atoms with Gasteiger partial charge in [-0.15, -0.1) is 0 Å². The van der Waals surface area contributed by atoms with Gasteiger partial charge in [-0.1, -0.05) is 13.0 Å². The van der Waals surface area contributed by atoms with Crippen LogP contribution in [0.2, 0.25) is 0 Å². The number of nitrogens with one attached hydrogen (secondary N) is 1. The number of nitrogens with zero attached hydrogens (tertiary/aromatic N) is 1. The molecule has 1 unspecified atom stereocenters. The highest BCUT2D eigenvalue weighted by Gasteiger charge is 2.18. The van der Waals surface area contributed by atoms with Crippen LogP contribution < -0.4 is 10.2 Å². The van der Waals surface area contributed by atoms with Crippen LogP contribution in [0.5, 0.6) is 0 Å². The largest absolute Gasteiger partial charge is 0.370 e. The standard InChI is InChI=1S/C14H21FN2/c1-3-13-10-17(8-4-7-16-13)14-9-12(15)6-5-11(14)2/h5-6,9,13,16H,3-4,7-8,10H2,1-2H3. The van der Waals surface area contributed by atoms with Gasteiger partial charge in [-0.05, 0) is 44.0 Å². The Balaban J connectivity index is 2.21. The van der Waals surface area contributed by atoms with E-state index in [0.717, 1.165) is 43.7 Å². The van der Waals surface area contributed by atoms with Crippen LogP contribution in [0, 0.1) is 12.7 Å². The lowest BCUT2D eigenvalue weighted by molar-refractivity contribution is 0.528. The van der Waals surface area contributed by atoms with E-state index in [-0.39, 0.29) is 5.82 Å². The first-order chi connectivity index (χ1) is 8.20. The molecule has 0 saturated carbocycles. The molecule has 1 aliphatic rings. The third-order valence-electron chi connectivity index (χ3n) is 3.48. The van der Waals surface area contributed by atoms with Gasteiger partial charge in [-0.3, -0.25) is 0 Å². The van der Waals surface area contributed by atoms with Crippen molar-refractivity contribution in [3.05, 3.63) is 29.6 Å². The average Bonchev–Trinajstić information content (AvgIpc) is 2.57. The van der Waals surface area contributed by atoms with E-state index in [4.69, 9.17) is 0 Å². The maximum Gasteiger partial charge on any atom is 0.125 e. The summed E-state index contributed by atoms with van der Waals surface area (Å²) in [6.45, 7) is 7.28. The molecule has 1 fully saturated rings. The first kappa shape index (κ1) is 12.4. The molecular formula is C14H21FN2. The number of hydrogen-bond donors (Lipinski definition) is 1. The van der Waals surface area contributed by atoms with Crippen LogP contribution in [0.1, 0.15) is 25.3 Å². The lowest BCUT2D eigenvalue weighted by atomic mass is 10.1. The second kappa shape index (κ2) is 5.50. The smallest absolute Gasteiger partial charge is 0.125 e. The van der Waals surface area contributed by atoms with E-state index < -0.39 is 0 Å². The summed E-state index contributed by atoms with van der Waals surface area (Å²) < 4.78 is 13.3. The molecule has 1 aromatic rings. The Kier molecular flexibility index (Phi) is 4.00. The van der Waals surface area contributed by atoms with Gasteiger partial charge >= 0.3 is 0 Å². The maximum absolute atomic E-state index is 13.3. The van der Waals surface area contributed by atoms with Gasteiger partial charge < -0.3 is 10.2 Å². The predicted molar refractivity (Wildman–Crippen MR) is 70.0 cm³/mol. The molecule has 3 heteroatoms. The fraction of sp³-hybridized carbons (Fsp3) is 0.571. The summed E-state index contributed by atoms with van der Waals surface area (Å²) in [5, 5.41) is 3.53. The Morgan fingerprint density at radius 3 is 3.06 bits per heavy atom. The Morgan fingerprint density at radius 2 is 2.29 bits per heavy atom. The molecule has 1 N–H and O–H groups in total. The minimum Gasteiger partial charge on any atom is -0.370 e. The Labute approximate surface area is 103 Å². The van der Waals surface area contributed by atoms with E-state index in [2.05, 4.69) is 17.1 Å². The van der Waals surface area contributed by atoms with Crippen molar-refractivity contribution in [2.75, 3.05) is 24.5 Å². The molecular weight excluding hydrogens is 215 g/mol. The molecule has 1 aliphatic heterocycles. The van der Waals surface area contributed by atoms with Crippen molar-refractivity contribution in [1.82, 2.24) is 5.32 Å². The van der Waals surface area contributed by atoms with Crippen molar-refractivity contribution in [2.45, 2.75) is 32.7 Å². The summed E-state index contributed by atoms with van der Waals surface area (Å²) in [4.78, 5) is 2.31. The van der Waals surface area contributed by atoms with Gasteiger partial charge in [0.05, 0.1) is 0 Å². The van der Waals surface area contributed by atoms with Crippen molar-refractivity contribution < 1.29 is 4.39 Å². The lowest BCUT2D eigenvalue weighted by Crippen LogP contribution is -2.37. The van der Waals surface area contributed by atoms with Gasteiger partial charge in [0.2, 0.25) is 0 Å². The van der Waals surface area contributed by atoms with E-state index >= 15 is 0 Å². The zero-order valence-electron chi connectivity index (χ0n) is 10.7. The molecule has 94 valence electrons. The lowest BCUT2D eigenvalue weighted by Gasteiger charge is -2.27. The Morgan fingerprint density at radius 1 is 1.47 bits per heavy atom. The topological polar surface area (TPSA) is 15.3 Å². The predicted octanol–water partition coefficient (Wildman–Crippen LogP) is 2.71. The highest BCUT2D eigenvalue weighted by molar-refractivity contribution is 5.53. The summed E-state index contributed by atoms with van der Waals surface area (Å²) >= 11 is 0. The summed E-state index contributed by atoms with van der Waals surface area (Å²) in [7, 11) is 0. The first-order valence-electron chi connectivity index (χ1n) is 6.45. The molecule has 0 radical (unpaired) electrons. The molecule has 1 atom stereocenters. The Hall–Kier alpha value is -1.09. The van der Waals surface area contributed by atoms with Crippen LogP contribution in [0.3, 0.4) is 0 Å². The highest BCUT2D eigenvalue weighted by atomic mass is 19.1.